The van der Waals surface area contributed by atoms with E-state index >= 15 is 0 Å². The molecule has 0 saturated heterocycles. The van der Waals surface area contributed by atoms with Gasteiger partial charge in [-0.3, -0.25) is 4.79 Å². The summed E-state index contributed by atoms with van der Waals surface area (Å²) in [4.78, 5) is 13.6. The third-order valence-corrected chi connectivity index (χ3v) is 6.73. The fourth-order valence-corrected chi connectivity index (χ4v) is 4.85. The third-order valence-electron chi connectivity index (χ3n) is 2.19. The van der Waals surface area contributed by atoms with Crippen molar-refractivity contribution in [3.8, 4) is 0 Å². The van der Waals surface area contributed by atoms with Crippen molar-refractivity contribution in [3.05, 3.63) is 41.6 Å². The van der Waals surface area contributed by atoms with Gasteiger partial charge in [0.2, 0.25) is 0 Å². The molecule has 96 valence electrons. The molecular weight excluding hydrogens is 443 g/mol. The van der Waals surface area contributed by atoms with Crippen molar-refractivity contribution in [2.45, 2.75) is 10.8 Å². The fraction of sp³-hybridized carbons (Fsp3) is 0.182. The van der Waals surface area contributed by atoms with E-state index in [0.29, 0.717) is 4.88 Å². The summed E-state index contributed by atoms with van der Waals surface area (Å²) in [6.45, 7) is 0. The first-order valence-corrected chi connectivity index (χ1v) is 8.91. The van der Waals surface area contributed by atoms with Crippen LogP contribution < -0.4 is 0 Å². The number of halogens is 4. The third kappa shape index (κ3) is 3.38. The molecule has 0 N–H and O–H groups in total. The van der Waals surface area contributed by atoms with Crippen LogP contribution in [0.3, 0.4) is 0 Å². The van der Waals surface area contributed by atoms with Gasteiger partial charge in [-0.1, -0.05) is 0 Å². The average molecular weight is 449 g/mol. The number of rotatable bonds is 4. The van der Waals surface area contributed by atoms with Crippen molar-refractivity contribution < 1.29 is 4.79 Å². The Morgan fingerprint density at radius 3 is 2.17 bits per heavy atom. The summed E-state index contributed by atoms with van der Waals surface area (Å²) in [7, 11) is 0. The van der Waals surface area contributed by atoms with Crippen LogP contribution in [-0.4, -0.2) is 11.2 Å². The lowest BCUT2D eigenvalue weighted by Crippen LogP contribution is -2.18. The van der Waals surface area contributed by atoms with E-state index in [0.717, 1.165) is 12.4 Å². The van der Waals surface area contributed by atoms with E-state index in [-0.39, 0.29) is 5.78 Å². The van der Waals surface area contributed by atoms with Gasteiger partial charge in [0.1, 0.15) is 5.38 Å². The Morgan fingerprint density at radius 1 is 1.06 bits per heavy atom. The quantitative estimate of drug-likeness (QED) is 0.407. The Kier molecular flexibility index (Phi) is 5.31. The number of hydrogen-bond acceptors (Lipinski definition) is 3. The van der Waals surface area contributed by atoms with Crippen LogP contribution in [0.15, 0.2) is 31.8 Å². The second-order valence-electron chi connectivity index (χ2n) is 3.41. The van der Waals surface area contributed by atoms with E-state index < -0.39 is 10.8 Å². The van der Waals surface area contributed by atoms with Gasteiger partial charge in [-0.05, 0) is 56.1 Å². The van der Waals surface area contributed by atoms with Gasteiger partial charge in [-0.25, -0.2) is 0 Å². The van der Waals surface area contributed by atoms with Crippen LogP contribution in [0.5, 0.6) is 0 Å². The monoisotopic (exact) mass is 446 g/mol. The van der Waals surface area contributed by atoms with Crippen molar-refractivity contribution in [1.29, 1.82) is 0 Å². The van der Waals surface area contributed by atoms with Gasteiger partial charge < -0.3 is 0 Å². The molecule has 0 saturated carbocycles. The molecule has 0 amide bonds. The summed E-state index contributed by atoms with van der Waals surface area (Å²) in [5, 5.41) is -1.28. The first-order valence-electron chi connectivity index (χ1n) is 4.82. The maximum Gasteiger partial charge on any atom is 0.192 e. The van der Waals surface area contributed by atoms with E-state index in [2.05, 4.69) is 31.9 Å². The number of hydrogen-bond donors (Lipinski definition) is 0. The molecule has 2 heterocycles. The minimum absolute atomic E-state index is 0.142. The Labute approximate surface area is 139 Å². The Balaban J connectivity index is 2.16. The van der Waals surface area contributed by atoms with E-state index in [1.807, 2.05) is 18.2 Å². The second kappa shape index (κ2) is 6.37. The molecule has 0 aliphatic rings. The molecule has 0 aromatic carbocycles. The largest absolute Gasteiger partial charge is 0.292 e. The summed E-state index contributed by atoms with van der Waals surface area (Å²) in [6.07, 6.45) is 0. The molecule has 7 heteroatoms. The van der Waals surface area contributed by atoms with Gasteiger partial charge in [0.25, 0.3) is 0 Å². The molecule has 0 unspecified atom stereocenters. The Hall–Kier alpha value is 0.610. The van der Waals surface area contributed by atoms with Crippen molar-refractivity contribution in [2.24, 2.45) is 0 Å². The van der Waals surface area contributed by atoms with Gasteiger partial charge in [0.05, 0.1) is 17.8 Å². The summed E-state index contributed by atoms with van der Waals surface area (Å²) in [6, 6.07) is 7.34. The standard InChI is InChI=1S/C11H6Br2Cl2OS2/c12-7-3-1-5(17-7)9(14)10(15)11(16)6-2-4-8(13)18-6/h1-4,9-10H/t9-,10-/m1/s1. The first-order chi connectivity index (χ1) is 8.49. The molecule has 2 atom stereocenters. The number of ketones is 1. The van der Waals surface area contributed by atoms with Crippen molar-refractivity contribution in [1.82, 2.24) is 0 Å². The number of carbonyl (C=O) groups is 1. The van der Waals surface area contributed by atoms with Crippen LogP contribution in [0.1, 0.15) is 19.9 Å². The summed E-state index contributed by atoms with van der Waals surface area (Å²) in [5.74, 6) is -0.142. The molecular formula is C11H6Br2Cl2OS2. The van der Waals surface area contributed by atoms with Crippen LogP contribution >= 0.6 is 77.7 Å². The molecule has 0 aliphatic carbocycles. The zero-order chi connectivity index (χ0) is 13.3. The minimum atomic E-state index is -0.761. The lowest BCUT2D eigenvalue weighted by molar-refractivity contribution is 0.0989. The van der Waals surface area contributed by atoms with Crippen molar-refractivity contribution in [2.75, 3.05) is 0 Å². The van der Waals surface area contributed by atoms with Crippen LogP contribution in [0, 0.1) is 0 Å². The van der Waals surface area contributed by atoms with Crippen LogP contribution in [0.4, 0.5) is 0 Å². The normalized spacial score (nSPS) is 14.4. The molecule has 2 aromatic rings. The molecule has 0 radical (unpaired) electrons. The number of carbonyl (C=O) groups excluding carboxylic acids is 1. The maximum atomic E-state index is 12.1. The highest BCUT2D eigenvalue weighted by Crippen LogP contribution is 2.37. The van der Waals surface area contributed by atoms with E-state index in [4.69, 9.17) is 23.2 Å². The van der Waals surface area contributed by atoms with Gasteiger partial charge in [0, 0.05) is 4.88 Å². The van der Waals surface area contributed by atoms with Gasteiger partial charge in [0.15, 0.2) is 5.78 Å². The Bertz CT molecular complexity index is 567. The van der Waals surface area contributed by atoms with Gasteiger partial charge >= 0.3 is 0 Å². The highest BCUT2D eigenvalue weighted by molar-refractivity contribution is 9.11. The van der Waals surface area contributed by atoms with E-state index in [1.165, 1.54) is 22.7 Å². The highest BCUT2D eigenvalue weighted by Gasteiger charge is 2.28. The molecule has 2 rings (SSSR count). The smallest absolute Gasteiger partial charge is 0.192 e. The van der Waals surface area contributed by atoms with Gasteiger partial charge in [-0.15, -0.1) is 45.9 Å². The minimum Gasteiger partial charge on any atom is -0.292 e. The lowest BCUT2D eigenvalue weighted by atomic mass is 10.1. The average Bonchev–Trinajstić information content (AvgIpc) is 2.95. The van der Waals surface area contributed by atoms with Crippen LogP contribution in [0.2, 0.25) is 0 Å². The molecule has 2 aromatic heterocycles. The predicted molar refractivity (Wildman–Crippen MR) is 86.6 cm³/mol. The van der Waals surface area contributed by atoms with E-state index in [9.17, 15) is 4.79 Å². The zero-order valence-corrected chi connectivity index (χ0v) is 15.0. The molecule has 0 fully saturated rings. The number of Topliss-reactive ketones (excluding diaryl/α,β-unsaturated/α-hetero) is 1. The summed E-state index contributed by atoms with van der Waals surface area (Å²) < 4.78 is 1.87. The number of thiophene rings is 2. The maximum absolute atomic E-state index is 12.1. The number of alkyl halides is 2. The van der Waals surface area contributed by atoms with Crippen molar-refractivity contribution >= 4 is 83.5 Å². The predicted octanol–water partition coefficient (Wildman–Crippen LogP) is 6.10. The summed E-state index contributed by atoms with van der Waals surface area (Å²) >= 11 is 21.9. The topological polar surface area (TPSA) is 17.1 Å². The molecule has 18 heavy (non-hydrogen) atoms. The van der Waals surface area contributed by atoms with Gasteiger partial charge in [-0.2, -0.15) is 0 Å². The fourth-order valence-electron chi connectivity index (χ4n) is 1.34. The molecule has 0 bridgehead atoms. The highest BCUT2D eigenvalue weighted by atomic mass is 79.9. The lowest BCUT2D eigenvalue weighted by Gasteiger charge is -2.12. The first kappa shape index (κ1) is 15.0. The molecule has 1 nitrogen and oxygen atoms in total. The Morgan fingerprint density at radius 2 is 1.67 bits per heavy atom. The molecule has 0 spiro atoms. The molecule has 0 aliphatic heterocycles. The summed E-state index contributed by atoms with van der Waals surface area (Å²) in [5.41, 5.74) is 0. The van der Waals surface area contributed by atoms with E-state index in [1.54, 1.807) is 6.07 Å². The van der Waals surface area contributed by atoms with Crippen LogP contribution in [-0.2, 0) is 0 Å². The zero-order valence-electron chi connectivity index (χ0n) is 8.70. The van der Waals surface area contributed by atoms with Crippen molar-refractivity contribution in [3.63, 3.8) is 0 Å². The van der Waals surface area contributed by atoms with Crippen LogP contribution in [0.25, 0.3) is 0 Å². The second-order valence-corrected chi connectivity index (χ2v) is 9.31. The SMILES string of the molecule is O=C(c1ccc(Br)s1)[C@H](Cl)[C@H](Cl)c1ccc(Br)s1.